The van der Waals surface area contributed by atoms with Crippen LogP contribution in [0.1, 0.15) is 51.4 Å². The molecule has 0 aromatic carbocycles. The fraction of sp³-hybridized carbons (Fsp3) is 1.00. The minimum Gasteiger partial charge on any atom is -0.395 e. The van der Waals surface area contributed by atoms with Crippen LogP contribution in [0, 0.1) is 0 Å². The summed E-state index contributed by atoms with van der Waals surface area (Å²) in [6.07, 6.45) is 10.4. The van der Waals surface area contributed by atoms with Gasteiger partial charge in [0.25, 0.3) is 0 Å². The van der Waals surface area contributed by atoms with Crippen LogP contribution in [0.15, 0.2) is 0 Å². The Bertz CT molecular complexity index is 214. The molecule has 0 aromatic heterocycles. The van der Waals surface area contributed by atoms with Crippen molar-refractivity contribution in [2.45, 2.75) is 69.5 Å². The highest BCUT2D eigenvalue weighted by molar-refractivity contribution is 4.86. The van der Waals surface area contributed by atoms with Crippen LogP contribution >= 0.6 is 0 Å². The number of aliphatic hydroxyl groups excluding tert-OH is 1. The fourth-order valence-electron chi connectivity index (χ4n) is 3.57. The van der Waals surface area contributed by atoms with E-state index in [0.29, 0.717) is 12.6 Å². The van der Waals surface area contributed by atoms with E-state index in [0.717, 1.165) is 12.1 Å². The van der Waals surface area contributed by atoms with E-state index in [1.807, 2.05) is 0 Å². The van der Waals surface area contributed by atoms with E-state index in [4.69, 9.17) is 0 Å². The molecule has 0 radical (unpaired) electrons. The van der Waals surface area contributed by atoms with E-state index in [1.54, 1.807) is 0 Å². The lowest BCUT2D eigenvalue weighted by Crippen LogP contribution is -2.47. The smallest absolute Gasteiger partial charge is 0.0586 e. The monoisotopic (exact) mass is 240 g/mol. The minimum atomic E-state index is 0.353. The molecule has 0 amide bonds. The normalized spacial score (nSPS) is 36.7. The van der Waals surface area contributed by atoms with E-state index in [1.165, 1.54) is 57.9 Å². The summed E-state index contributed by atoms with van der Waals surface area (Å²) < 4.78 is 0. The number of nitrogens with zero attached hydrogens (tertiary/aromatic N) is 1. The van der Waals surface area contributed by atoms with E-state index >= 15 is 0 Å². The maximum Gasteiger partial charge on any atom is 0.0586 e. The molecule has 1 unspecified atom stereocenters. The summed E-state index contributed by atoms with van der Waals surface area (Å²) in [5, 5.41) is 13.0. The number of hydrogen-bond donors (Lipinski definition) is 2. The number of hydrogen-bond acceptors (Lipinski definition) is 3. The molecule has 0 aromatic rings. The maximum atomic E-state index is 9.56. The molecule has 1 aliphatic carbocycles. The van der Waals surface area contributed by atoms with Crippen molar-refractivity contribution in [1.82, 2.24) is 10.2 Å². The van der Waals surface area contributed by atoms with Gasteiger partial charge in [0.05, 0.1) is 6.61 Å². The molecule has 1 saturated carbocycles. The topological polar surface area (TPSA) is 35.5 Å². The van der Waals surface area contributed by atoms with Gasteiger partial charge in [0.1, 0.15) is 0 Å². The molecule has 2 aliphatic rings. The van der Waals surface area contributed by atoms with Gasteiger partial charge in [0.15, 0.2) is 0 Å². The van der Waals surface area contributed by atoms with Crippen LogP contribution in [0.25, 0.3) is 0 Å². The lowest BCUT2D eigenvalue weighted by atomic mass is 9.89. The van der Waals surface area contributed by atoms with Crippen molar-refractivity contribution < 1.29 is 5.11 Å². The molecule has 1 aliphatic heterocycles. The van der Waals surface area contributed by atoms with Crippen molar-refractivity contribution in [3.05, 3.63) is 0 Å². The van der Waals surface area contributed by atoms with Gasteiger partial charge in [-0.25, -0.2) is 0 Å². The Kier molecular flexibility index (Phi) is 5.26. The van der Waals surface area contributed by atoms with Crippen LogP contribution in [-0.2, 0) is 0 Å². The molecule has 2 fully saturated rings. The molecule has 2 rings (SSSR count). The summed E-state index contributed by atoms with van der Waals surface area (Å²) in [4.78, 5) is 2.62. The molecular formula is C14H28N2O. The summed E-state index contributed by atoms with van der Waals surface area (Å²) in [5.74, 6) is 0. The van der Waals surface area contributed by atoms with Crippen LogP contribution in [0.5, 0.6) is 0 Å². The Balaban J connectivity index is 1.90. The summed E-state index contributed by atoms with van der Waals surface area (Å²) in [6, 6.07) is 1.90. The molecule has 0 spiro atoms. The quantitative estimate of drug-likeness (QED) is 0.789. The molecule has 1 saturated heterocycles. The second-order valence-electron chi connectivity index (χ2n) is 5.72. The third kappa shape index (κ3) is 3.43. The van der Waals surface area contributed by atoms with E-state index < -0.39 is 0 Å². The highest BCUT2D eigenvalue weighted by Gasteiger charge is 2.30. The Morgan fingerprint density at radius 1 is 1.06 bits per heavy atom. The first-order valence-electron chi connectivity index (χ1n) is 7.39. The third-order valence-corrected chi connectivity index (χ3v) is 4.71. The first kappa shape index (κ1) is 13.3. The number of likely N-dealkylation sites (tertiary alicyclic amines) is 1. The average molecular weight is 240 g/mol. The Labute approximate surface area is 106 Å². The molecule has 3 nitrogen and oxygen atoms in total. The molecular weight excluding hydrogens is 212 g/mol. The second kappa shape index (κ2) is 6.72. The van der Waals surface area contributed by atoms with Crippen LogP contribution in [0.4, 0.5) is 0 Å². The maximum absolute atomic E-state index is 9.56. The predicted molar refractivity (Wildman–Crippen MR) is 71.2 cm³/mol. The summed E-state index contributed by atoms with van der Waals surface area (Å²) >= 11 is 0. The Morgan fingerprint density at radius 2 is 1.82 bits per heavy atom. The van der Waals surface area contributed by atoms with Crippen molar-refractivity contribution in [3.8, 4) is 0 Å². The van der Waals surface area contributed by atoms with E-state index in [9.17, 15) is 5.11 Å². The third-order valence-electron chi connectivity index (χ3n) is 4.71. The van der Waals surface area contributed by atoms with Gasteiger partial charge < -0.3 is 10.4 Å². The minimum absolute atomic E-state index is 0.353. The molecule has 3 heteroatoms. The predicted octanol–water partition coefficient (Wildman–Crippen LogP) is 1.75. The van der Waals surface area contributed by atoms with Gasteiger partial charge in [-0.15, -0.1) is 0 Å². The summed E-state index contributed by atoms with van der Waals surface area (Å²) in [5.41, 5.74) is 0. The zero-order chi connectivity index (χ0) is 12.1. The van der Waals surface area contributed by atoms with E-state index in [-0.39, 0.29) is 0 Å². The molecule has 0 bridgehead atoms. The van der Waals surface area contributed by atoms with Crippen molar-refractivity contribution in [2.24, 2.45) is 0 Å². The van der Waals surface area contributed by atoms with Crippen LogP contribution in [-0.4, -0.2) is 48.3 Å². The number of rotatable bonds is 3. The van der Waals surface area contributed by atoms with E-state index in [2.05, 4.69) is 17.3 Å². The first-order chi connectivity index (χ1) is 8.35. The highest BCUT2D eigenvalue weighted by atomic mass is 16.3. The van der Waals surface area contributed by atoms with Crippen molar-refractivity contribution >= 4 is 0 Å². The van der Waals surface area contributed by atoms with Crippen LogP contribution < -0.4 is 5.32 Å². The molecule has 17 heavy (non-hydrogen) atoms. The van der Waals surface area contributed by atoms with Crippen molar-refractivity contribution in [2.75, 3.05) is 20.2 Å². The second-order valence-corrected chi connectivity index (χ2v) is 5.72. The zero-order valence-electron chi connectivity index (χ0n) is 11.2. The largest absolute Gasteiger partial charge is 0.395 e. The highest BCUT2D eigenvalue weighted by Crippen LogP contribution is 2.28. The summed E-state index contributed by atoms with van der Waals surface area (Å²) in [6.45, 7) is 1.56. The molecule has 1 atom stereocenters. The van der Waals surface area contributed by atoms with Crippen LogP contribution in [0.3, 0.4) is 0 Å². The van der Waals surface area contributed by atoms with Gasteiger partial charge in [-0.3, -0.25) is 4.90 Å². The SMILES string of the molecule is CNC1CCC(N2CCCCCC2CO)CC1. The number of nitrogens with one attached hydrogen (secondary N) is 1. The lowest BCUT2D eigenvalue weighted by Gasteiger charge is -2.40. The summed E-state index contributed by atoms with van der Waals surface area (Å²) in [7, 11) is 2.08. The zero-order valence-corrected chi connectivity index (χ0v) is 11.2. The lowest BCUT2D eigenvalue weighted by molar-refractivity contribution is 0.0626. The van der Waals surface area contributed by atoms with Gasteiger partial charge in [0.2, 0.25) is 0 Å². The van der Waals surface area contributed by atoms with Gasteiger partial charge in [-0.2, -0.15) is 0 Å². The Hall–Kier alpha value is -0.120. The van der Waals surface area contributed by atoms with Gasteiger partial charge in [0, 0.05) is 18.1 Å². The van der Waals surface area contributed by atoms with Crippen LogP contribution in [0.2, 0.25) is 0 Å². The first-order valence-corrected chi connectivity index (χ1v) is 7.39. The Morgan fingerprint density at radius 3 is 2.47 bits per heavy atom. The molecule has 1 heterocycles. The van der Waals surface area contributed by atoms with Crippen molar-refractivity contribution in [1.29, 1.82) is 0 Å². The molecule has 100 valence electrons. The fourth-order valence-corrected chi connectivity index (χ4v) is 3.57. The standard InChI is InChI=1S/C14H28N2O/c1-15-12-6-8-13(9-7-12)16-10-4-2-3-5-14(16)11-17/h12-15,17H,2-11H2,1H3. The van der Waals surface area contributed by atoms with Gasteiger partial charge >= 0.3 is 0 Å². The number of aliphatic hydroxyl groups is 1. The van der Waals surface area contributed by atoms with Crippen molar-refractivity contribution in [3.63, 3.8) is 0 Å². The van der Waals surface area contributed by atoms with Gasteiger partial charge in [-0.05, 0) is 52.1 Å². The molecule has 2 N–H and O–H groups in total. The van der Waals surface area contributed by atoms with Gasteiger partial charge in [-0.1, -0.05) is 12.8 Å². The average Bonchev–Trinajstić information content (AvgIpc) is 2.64.